The Balaban J connectivity index is 1.49. The Kier molecular flexibility index (Phi) is 5.12. The maximum Gasteiger partial charge on any atom is 0.254 e. The number of likely N-dealkylation sites (tertiary alicyclic amines) is 1. The van der Waals surface area contributed by atoms with Crippen molar-refractivity contribution in [2.75, 3.05) is 45.2 Å². The standard InChI is InChI=1S/C21H28N4O3/c1-14-18(15(2)28-22-14)11-24-8-9-27-20-13-25(12-19(20)24)21(26)16-6-5-7-17(10-16)23(3)4/h5-7,10,19-20H,8-9,11-13H2,1-4H3/t19-,20+/m1/s1. The zero-order valence-electron chi connectivity index (χ0n) is 17.0. The van der Waals surface area contributed by atoms with Crippen molar-refractivity contribution in [3.8, 4) is 0 Å². The number of anilines is 1. The second-order valence-electron chi connectivity index (χ2n) is 7.90. The molecule has 2 aliphatic rings. The molecule has 0 spiro atoms. The highest BCUT2D eigenvalue weighted by molar-refractivity contribution is 5.95. The summed E-state index contributed by atoms with van der Waals surface area (Å²) in [6.45, 7) is 7.56. The minimum absolute atomic E-state index is 0.0511. The summed E-state index contributed by atoms with van der Waals surface area (Å²) in [4.78, 5) is 19.4. The van der Waals surface area contributed by atoms with Gasteiger partial charge in [-0.15, -0.1) is 0 Å². The number of hydrogen-bond acceptors (Lipinski definition) is 6. The van der Waals surface area contributed by atoms with Crippen LogP contribution in [0.1, 0.15) is 27.4 Å². The van der Waals surface area contributed by atoms with Crippen LogP contribution in [0, 0.1) is 13.8 Å². The van der Waals surface area contributed by atoms with E-state index in [2.05, 4.69) is 10.1 Å². The van der Waals surface area contributed by atoms with Crippen molar-refractivity contribution in [3.63, 3.8) is 0 Å². The zero-order chi connectivity index (χ0) is 19.8. The molecule has 0 saturated carbocycles. The first-order chi connectivity index (χ1) is 13.4. The number of carbonyl (C=O) groups is 1. The predicted molar refractivity (Wildman–Crippen MR) is 107 cm³/mol. The molecule has 2 saturated heterocycles. The molecule has 1 aromatic heterocycles. The molecule has 2 fully saturated rings. The van der Waals surface area contributed by atoms with Gasteiger partial charge in [0.15, 0.2) is 0 Å². The molecule has 28 heavy (non-hydrogen) atoms. The number of carbonyl (C=O) groups excluding carboxylic acids is 1. The van der Waals surface area contributed by atoms with Gasteiger partial charge in [0.2, 0.25) is 0 Å². The summed E-state index contributed by atoms with van der Waals surface area (Å²) in [6.07, 6.45) is 0.0511. The van der Waals surface area contributed by atoms with Crippen LogP contribution in [0.4, 0.5) is 5.69 Å². The molecule has 150 valence electrons. The average Bonchev–Trinajstić information content (AvgIpc) is 3.26. The number of morpholine rings is 1. The topological polar surface area (TPSA) is 62.1 Å². The maximum atomic E-state index is 13.1. The molecule has 4 rings (SSSR count). The molecule has 0 unspecified atom stereocenters. The quantitative estimate of drug-likeness (QED) is 0.804. The lowest BCUT2D eigenvalue weighted by molar-refractivity contribution is -0.0505. The summed E-state index contributed by atoms with van der Waals surface area (Å²) in [5.41, 5.74) is 3.83. The fraction of sp³-hybridized carbons (Fsp3) is 0.524. The summed E-state index contributed by atoms with van der Waals surface area (Å²) in [7, 11) is 3.96. The van der Waals surface area contributed by atoms with Crippen molar-refractivity contribution < 1.29 is 14.1 Å². The monoisotopic (exact) mass is 384 g/mol. The minimum Gasteiger partial charge on any atom is -0.378 e. The van der Waals surface area contributed by atoms with Crippen LogP contribution in [0.5, 0.6) is 0 Å². The molecule has 0 radical (unpaired) electrons. The average molecular weight is 384 g/mol. The Hall–Kier alpha value is -2.38. The highest BCUT2D eigenvalue weighted by Crippen LogP contribution is 2.27. The second kappa shape index (κ2) is 7.56. The van der Waals surface area contributed by atoms with Gasteiger partial charge in [-0.05, 0) is 32.0 Å². The van der Waals surface area contributed by atoms with Crippen LogP contribution < -0.4 is 4.90 Å². The van der Waals surface area contributed by atoms with Gasteiger partial charge < -0.3 is 19.1 Å². The number of fused-ring (bicyclic) bond motifs is 1. The van der Waals surface area contributed by atoms with Gasteiger partial charge in [-0.25, -0.2) is 0 Å². The van der Waals surface area contributed by atoms with Crippen LogP contribution in [0.25, 0.3) is 0 Å². The van der Waals surface area contributed by atoms with Gasteiger partial charge in [0, 0.05) is 57.1 Å². The van der Waals surface area contributed by atoms with E-state index in [1.165, 1.54) is 0 Å². The highest BCUT2D eigenvalue weighted by Gasteiger charge is 2.42. The molecule has 7 heteroatoms. The number of nitrogens with zero attached hydrogens (tertiary/aromatic N) is 4. The Morgan fingerprint density at radius 3 is 2.82 bits per heavy atom. The fourth-order valence-electron chi connectivity index (χ4n) is 4.15. The molecule has 1 amide bonds. The number of aryl methyl sites for hydroxylation is 2. The van der Waals surface area contributed by atoms with Gasteiger partial charge in [-0.3, -0.25) is 9.69 Å². The van der Waals surface area contributed by atoms with E-state index in [-0.39, 0.29) is 18.1 Å². The Morgan fingerprint density at radius 2 is 2.11 bits per heavy atom. The summed E-state index contributed by atoms with van der Waals surface area (Å²) in [6, 6.07) is 7.98. The number of aromatic nitrogens is 1. The third kappa shape index (κ3) is 3.52. The van der Waals surface area contributed by atoms with Crippen molar-refractivity contribution in [1.29, 1.82) is 0 Å². The Morgan fingerprint density at radius 1 is 1.29 bits per heavy atom. The van der Waals surface area contributed by atoms with Crippen LogP contribution in [0.2, 0.25) is 0 Å². The molecule has 0 aliphatic carbocycles. The Labute approximate surface area is 165 Å². The summed E-state index contributed by atoms with van der Waals surface area (Å²) < 4.78 is 11.3. The molecule has 2 atom stereocenters. The lowest BCUT2D eigenvalue weighted by atomic mass is 10.1. The van der Waals surface area contributed by atoms with E-state index in [9.17, 15) is 4.79 Å². The summed E-state index contributed by atoms with van der Waals surface area (Å²) >= 11 is 0. The first-order valence-corrected chi connectivity index (χ1v) is 9.78. The van der Waals surface area contributed by atoms with E-state index in [1.54, 1.807) is 0 Å². The van der Waals surface area contributed by atoms with Crippen molar-refractivity contribution in [2.45, 2.75) is 32.5 Å². The van der Waals surface area contributed by atoms with Gasteiger partial charge in [-0.1, -0.05) is 11.2 Å². The van der Waals surface area contributed by atoms with Gasteiger partial charge in [-0.2, -0.15) is 0 Å². The summed E-state index contributed by atoms with van der Waals surface area (Å²) in [5, 5.41) is 4.07. The van der Waals surface area contributed by atoms with E-state index in [4.69, 9.17) is 9.26 Å². The predicted octanol–water partition coefficient (Wildman–Crippen LogP) is 2.08. The van der Waals surface area contributed by atoms with Gasteiger partial charge in [0.25, 0.3) is 5.91 Å². The van der Waals surface area contributed by atoms with E-state index in [0.29, 0.717) is 19.7 Å². The van der Waals surface area contributed by atoms with Crippen LogP contribution in [-0.4, -0.2) is 73.3 Å². The molecule has 2 aromatic rings. The number of amides is 1. The first kappa shape index (κ1) is 19.0. The largest absolute Gasteiger partial charge is 0.378 e. The zero-order valence-corrected chi connectivity index (χ0v) is 17.0. The maximum absolute atomic E-state index is 13.1. The molecule has 0 N–H and O–H groups in total. The molecular formula is C21H28N4O3. The number of benzene rings is 1. The van der Waals surface area contributed by atoms with E-state index < -0.39 is 0 Å². The molecule has 1 aromatic carbocycles. The summed E-state index contributed by atoms with van der Waals surface area (Å²) in [5.74, 6) is 0.936. The normalized spacial score (nSPS) is 22.4. The number of ether oxygens (including phenoxy) is 1. The highest BCUT2D eigenvalue weighted by atomic mass is 16.5. The molecular weight excluding hydrogens is 356 g/mol. The molecule has 3 heterocycles. The third-order valence-electron chi connectivity index (χ3n) is 5.86. The van der Waals surface area contributed by atoms with E-state index >= 15 is 0 Å². The Bertz CT molecular complexity index is 844. The lowest BCUT2D eigenvalue weighted by Crippen LogP contribution is -2.50. The number of hydrogen-bond donors (Lipinski definition) is 0. The van der Waals surface area contributed by atoms with E-state index in [0.717, 1.165) is 41.4 Å². The second-order valence-corrected chi connectivity index (χ2v) is 7.90. The number of rotatable bonds is 4. The van der Waals surface area contributed by atoms with Crippen LogP contribution in [-0.2, 0) is 11.3 Å². The van der Waals surface area contributed by atoms with Crippen molar-refractivity contribution in [1.82, 2.24) is 15.0 Å². The SMILES string of the molecule is Cc1noc(C)c1CN1CCO[C@H]2CN(C(=O)c3cccc(N(C)C)c3)C[C@H]21. The van der Waals surface area contributed by atoms with Crippen LogP contribution in [0.15, 0.2) is 28.8 Å². The van der Waals surface area contributed by atoms with Crippen molar-refractivity contribution >= 4 is 11.6 Å². The first-order valence-electron chi connectivity index (χ1n) is 9.78. The van der Waals surface area contributed by atoms with E-state index in [1.807, 2.05) is 62.0 Å². The molecule has 2 aliphatic heterocycles. The van der Waals surface area contributed by atoms with Crippen molar-refractivity contribution in [3.05, 3.63) is 46.8 Å². The van der Waals surface area contributed by atoms with Gasteiger partial charge >= 0.3 is 0 Å². The van der Waals surface area contributed by atoms with Crippen LogP contribution >= 0.6 is 0 Å². The van der Waals surface area contributed by atoms with Crippen molar-refractivity contribution in [2.24, 2.45) is 0 Å². The molecule has 7 nitrogen and oxygen atoms in total. The lowest BCUT2D eigenvalue weighted by Gasteiger charge is -2.36. The fourth-order valence-corrected chi connectivity index (χ4v) is 4.15. The van der Waals surface area contributed by atoms with Gasteiger partial charge in [0.05, 0.1) is 24.4 Å². The van der Waals surface area contributed by atoms with Gasteiger partial charge in [0.1, 0.15) is 5.76 Å². The third-order valence-corrected chi connectivity index (χ3v) is 5.86. The minimum atomic E-state index is 0.0511. The molecule has 0 bridgehead atoms. The smallest absolute Gasteiger partial charge is 0.254 e. The van der Waals surface area contributed by atoms with Crippen LogP contribution in [0.3, 0.4) is 0 Å².